The number of rotatable bonds is 5. The standard InChI is InChI=1S/C15H24N2OS/c1-11-7-14(12(2)19-11)15(18)10-17(4)9-13-5-6-16(3)8-13/h7,13H,5-6,8-10H2,1-4H3. The van der Waals surface area contributed by atoms with E-state index >= 15 is 0 Å². The Hall–Kier alpha value is -0.710. The second kappa shape index (κ2) is 6.16. The molecule has 1 unspecified atom stereocenters. The molecule has 1 aromatic rings. The third kappa shape index (κ3) is 3.88. The van der Waals surface area contributed by atoms with E-state index in [1.54, 1.807) is 11.3 Å². The van der Waals surface area contributed by atoms with Gasteiger partial charge in [-0.3, -0.25) is 9.69 Å². The van der Waals surface area contributed by atoms with Gasteiger partial charge in [-0.2, -0.15) is 0 Å². The van der Waals surface area contributed by atoms with Crippen LogP contribution in [0.1, 0.15) is 26.5 Å². The Balaban J connectivity index is 1.86. The Morgan fingerprint density at radius 3 is 2.79 bits per heavy atom. The monoisotopic (exact) mass is 280 g/mol. The molecule has 1 aliphatic rings. The van der Waals surface area contributed by atoms with E-state index in [2.05, 4.69) is 30.8 Å². The van der Waals surface area contributed by atoms with E-state index in [-0.39, 0.29) is 5.78 Å². The van der Waals surface area contributed by atoms with Crippen molar-refractivity contribution in [3.63, 3.8) is 0 Å². The number of carbonyl (C=O) groups excluding carboxylic acids is 1. The number of likely N-dealkylation sites (N-methyl/N-ethyl adjacent to an activating group) is 1. The highest BCUT2D eigenvalue weighted by Gasteiger charge is 2.22. The highest BCUT2D eigenvalue weighted by Crippen LogP contribution is 2.21. The van der Waals surface area contributed by atoms with Gasteiger partial charge in [0.2, 0.25) is 0 Å². The molecule has 0 radical (unpaired) electrons. The lowest BCUT2D eigenvalue weighted by molar-refractivity contribution is 0.0938. The van der Waals surface area contributed by atoms with Crippen molar-refractivity contribution < 1.29 is 4.79 Å². The molecule has 0 amide bonds. The summed E-state index contributed by atoms with van der Waals surface area (Å²) in [7, 11) is 4.23. The molecule has 4 heteroatoms. The van der Waals surface area contributed by atoms with Gasteiger partial charge in [-0.05, 0) is 52.9 Å². The molecule has 1 saturated heterocycles. The number of hydrogen-bond acceptors (Lipinski definition) is 4. The molecule has 19 heavy (non-hydrogen) atoms. The first-order chi connectivity index (χ1) is 8.95. The molecule has 0 aromatic carbocycles. The van der Waals surface area contributed by atoms with Crippen LogP contribution in [0.15, 0.2) is 6.07 Å². The van der Waals surface area contributed by atoms with Gasteiger partial charge in [0.1, 0.15) is 0 Å². The summed E-state index contributed by atoms with van der Waals surface area (Å²) in [6.45, 7) is 8.02. The minimum absolute atomic E-state index is 0.260. The molecule has 1 aromatic heterocycles. The van der Waals surface area contributed by atoms with Crippen molar-refractivity contribution in [1.82, 2.24) is 9.80 Å². The van der Waals surface area contributed by atoms with Gasteiger partial charge in [0, 0.05) is 28.4 Å². The lowest BCUT2D eigenvalue weighted by Gasteiger charge is -2.20. The second-order valence-electron chi connectivity index (χ2n) is 5.86. The van der Waals surface area contributed by atoms with Gasteiger partial charge in [-0.15, -0.1) is 11.3 Å². The van der Waals surface area contributed by atoms with Crippen LogP contribution in [0.4, 0.5) is 0 Å². The third-order valence-corrected chi connectivity index (χ3v) is 4.78. The largest absolute Gasteiger partial charge is 0.306 e. The number of ketones is 1. The molecule has 0 aliphatic carbocycles. The number of Topliss-reactive ketones (excluding diaryl/α,β-unsaturated/α-hetero) is 1. The SMILES string of the molecule is Cc1cc(C(=O)CN(C)CC2CCN(C)C2)c(C)s1. The molecule has 0 spiro atoms. The molecule has 0 N–H and O–H groups in total. The van der Waals surface area contributed by atoms with Crippen molar-refractivity contribution in [1.29, 1.82) is 0 Å². The second-order valence-corrected chi connectivity index (χ2v) is 7.32. The van der Waals surface area contributed by atoms with Gasteiger partial charge in [0.15, 0.2) is 5.78 Å². The number of thiophene rings is 1. The predicted molar refractivity (Wildman–Crippen MR) is 81.2 cm³/mol. The van der Waals surface area contributed by atoms with Gasteiger partial charge < -0.3 is 4.90 Å². The van der Waals surface area contributed by atoms with Crippen LogP contribution in [0.2, 0.25) is 0 Å². The highest BCUT2D eigenvalue weighted by molar-refractivity contribution is 7.12. The van der Waals surface area contributed by atoms with E-state index in [0.717, 1.165) is 23.5 Å². The average Bonchev–Trinajstić information content (AvgIpc) is 2.84. The van der Waals surface area contributed by atoms with Crippen molar-refractivity contribution in [3.8, 4) is 0 Å². The Labute approximate surface area is 120 Å². The third-order valence-electron chi connectivity index (χ3n) is 3.81. The molecular weight excluding hydrogens is 256 g/mol. The van der Waals surface area contributed by atoms with Crippen LogP contribution >= 0.6 is 11.3 Å². The van der Waals surface area contributed by atoms with E-state index in [1.807, 2.05) is 13.0 Å². The highest BCUT2D eigenvalue weighted by atomic mass is 32.1. The molecule has 2 heterocycles. The zero-order chi connectivity index (χ0) is 14.0. The van der Waals surface area contributed by atoms with Crippen molar-refractivity contribution in [2.45, 2.75) is 20.3 Å². The van der Waals surface area contributed by atoms with Gasteiger partial charge in [0.05, 0.1) is 6.54 Å². The Bertz CT molecular complexity index is 455. The van der Waals surface area contributed by atoms with Crippen LogP contribution in [0.5, 0.6) is 0 Å². The molecule has 2 rings (SSSR count). The van der Waals surface area contributed by atoms with Gasteiger partial charge >= 0.3 is 0 Å². The first-order valence-electron chi connectivity index (χ1n) is 6.93. The maximum absolute atomic E-state index is 12.3. The summed E-state index contributed by atoms with van der Waals surface area (Å²) in [6, 6.07) is 2.03. The van der Waals surface area contributed by atoms with Crippen LogP contribution < -0.4 is 0 Å². The molecule has 106 valence electrons. The number of aryl methyl sites for hydroxylation is 2. The summed E-state index contributed by atoms with van der Waals surface area (Å²) in [4.78, 5) is 19.2. The number of nitrogens with zero attached hydrogens (tertiary/aromatic N) is 2. The minimum Gasteiger partial charge on any atom is -0.306 e. The summed E-state index contributed by atoms with van der Waals surface area (Å²) < 4.78 is 0. The van der Waals surface area contributed by atoms with E-state index < -0.39 is 0 Å². The van der Waals surface area contributed by atoms with Crippen molar-refractivity contribution in [2.24, 2.45) is 5.92 Å². The molecule has 0 bridgehead atoms. The maximum atomic E-state index is 12.3. The zero-order valence-corrected chi connectivity index (χ0v) is 13.2. The average molecular weight is 280 g/mol. The van der Waals surface area contributed by atoms with Crippen LogP contribution in [-0.4, -0.2) is 55.9 Å². The summed E-state index contributed by atoms with van der Waals surface area (Å²) >= 11 is 1.71. The Kier molecular flexibility index (Phi) is 4.76. The molecule has 1 atom stereocenters. The molecule has 0 saturated carbocycles. The van der Waals surface area contributed by atoms with E-state index in [9.17, 15) is 4.79 Å². The van der Waals surface area contributed by atoms with Crippen molar-refractivity contribution in [2.75, 3.05) is 40.3 Å². The van der Waals surface area contributed by atoms with E-state index in [1.165, 1.54) is 17.8 Å². The fourth-order valence-corrected chi connectivity index (χ4v) is 3.86. The Morgan fingerprint density at radius 2 is 2.26 bits per heavy atom. The zero-order valence-electron chi connectivity index (χ0n) is 12.4. The summed E-state index contributed by atoms with van der Waals surface area (Å²) in [5.41, 5.74) is 0.915. The van der Waals surface area contributed by atoms with Crippen molar-refractivity contribution >= 4 is 17.1 Å². The van der Waals surface area contributed by atoms with Gasteiger partial charge in [-0.1, -0.05) is 0 Å². The smallest absolute Gasteiger partial charge is 0.177 e. The van der Waals surface area contributed by atoms with Crippen LogP contribution in [0.25, 0.3) is 0 Å². The first-order valence-corrected chi connectivity index (χ1v) is 7.74. The lowest BCUT2D eigenvalue weighted by Crippen LogP contribution is -2.32. The summed E-state index contributed by atoms with van der Waals surface area (Å²) in [5, 5.41) is 0. The summed E-state index contributed by atoms with van der Waals surface area (Å²) in [5.74, 6) is 0.976. The van der Waals surface area contributed by atoms with Crippen LogP contribution in [0, 0.1) is 19.8 Å². The molecular formula is C15H24N2OS. The number of carbonyl (C=O) groups is 1. The van der Waals surface area contributed by atoms with Gasteiger partial charge in [0.25, 0.3) is 0 Å². The van der Waals surface area contributed by atoms with Gasteiger partial charge in [-0.25, -0.2) is 0 Å². The number of likely N-dealkylation sites (tertiary alicyclic amines) is 1. The summed E-state index contributed by atoms with van der Waals surface area (Å²) in [6.07, 6.45) is 1.26. The molecule has 1 fully saturated rings. The van der Waals surface area contributed by atoms with Crippen LogP contribution in [-0.2, 0) is 0 Å². The predicted octanol–water partition coefficient (Wildman–Crippen LogP) is 2.43. The Morgan fingerprint density at radius 1 is 1.53 bits per heavy atom. The molecule has 1 aliphatic heterocycles. The first kappa shape index (κ1) is 14.7. The number of hydrogen-bond donors (Lipinski definition) is 0. The minimum atomic E-state index is 0.260. The maximum Gasteiger partial charge on any atom is 0.177 e. The lowest BCUT2D eigenvalue weighted by atomic mass is 10.1. The van der Waals surface area contributed by atoms with E-state index in [0.29, 0.717) is 12.5 Å². The quantitative estimate of drug-likeness (QED) is 0.774. The van der Waals surface area contributed by atoms with Crippen molar-refractivity contribution in [3.05, 3.63) is 21.4 Å². The van der Waals surface area contributed by atoms with E-state index in [4.69, 9.17) is 0 Å². The normalized spacial score (nSPS) is 20.4. The topological polar surface area (TPSA) is 23.6 Å². The molecule has 3 nitrogen and oxygen atoms in total. The van der Waals surface area contributed by atoms with Crippen LogP contribution in [0.3, 0.4) is 0 Å². The fraction of sp³-hybridized carbons (Fsp3) is 0.667. The fourth-order valence-electron chi connectivity index (χ4n) is 2.92.